The molecule has 0 aliphatic rings. The summed E-state index contributed by atoms with van der Waals surface area (Å²) in [5.74, 6) is 1.87. The van der Waals surface area contributed by atoms with Crippen LogP contribution >= 0.6 is 0 Å². The summed E-state index contributed by atoms with van der Waals surface area (Å²) in [5, 5.41) is 0. The van der Waals surface area contributed by atoms with Crippen LogP contribution in [0.5, 0.6) is 11.5 Å². The maximum absolute atomic E-state index is 11.5. The summed E-state index contributed by atoms with van der Waals surface area (Å²) < 4.78 is 17.4. The molecule has 0 N–H and O–H groups in total. The van der Waals surface area contributed by atoms with Crippen LogP contribution in [0.1, 0.15) is 15.9 Å². The Bertz CT molecular complexity index is 878. The predicted octanol–water partition coefficient (Wildman–Crippen LogP) is 3.40. The van der Waals surface area contributed by atoms with E-state index in [-0.39, 0.29) is 5.97 Å². The zero-order valence-corrected chi connectivity index (χ0v) is 14.9. The van der Waals surface area contributed by atoms with Gasteiger partial charge in [0.15, 0.2) is 0 Å². The SMILES string of the molecule is COC(=O)c1ccc(Cn2ccnc2-c2cc(OC)cc(OC)c2)cc1. The van der Waals surface area contributed by atoms with Gasteiger partial charge in [0.1, 0.15) is 17.3 Å². The van der Waals surface area contributed by atoms with Gasteiger partial charge in [0.25, 0.3) is 0 Å². The van der Waals surface area contributed by atoms with E-state index >= 15 is 0 Å². The topological polar surface area (TPSA) is 62.6 Å². The molecule has 0 atom stereocenters. The van der Waals surface area contributed by atoms with Gasteiger partial charge in [-0.2, -0.15) is 0 Å². The molecule has 0 saturated heterocycles. The molecule has 2 aromatic carbocycles. The third-order valence-corrected chi connectivity index (χ3v) is 4.05. The van der Waals surface area contributed by atoms with E-state index in [1.165, 1.54) is 7.11 Å². The monoisotopic (exact) mass is 352 g/mol. The van der Waals surface area contributed by atoms with E-state index in [9.17, 15) is 4.79 Å². The molecule has 0 aliphatic heterocycles. The third-order valence-electron chi connectivity index (χ3n) is 4.05. The zero-order chi connectivity index (χ0) is 18.5. The van der Waals surface area contributed by atoms with Crippen LogP contribution in [0.25, 0.3) is 11.4 Å². The highest BCUT2D eigenvalue weighted by Gasteiger charge is 2.11. The van der Waals surface area contributed by atoms with Crippen molar-refractivity contribution in [2.75, 3.05) is 21.3 Å². The molecule has 0 bridgehead atoms. The van der Waals surface area contributed by atoms with E-state index in [1.807, 2.05) is 41.1 Å². The summed E-state index contributed by atoms with van der Waals surface area (Å²) in [7, 11) is 4.61. The Kier molecular flexibility index (Phi) is 5.22. The van der Waals surface area contributed by atoms with Gasteiger partial charge < -0.3 is 18.8 Å². The van der Waals surface area contributed by atoms with Crippen LogP contribution in [0.2, 0.25) is 0 Å². The minimum absolute atomic E-state index is 0.344. The number of ether oxygens (including phenoxy) is 3. The molecule has 1 aromatic heterocycles. The Morgan fingerprint density at radius 1 is 1.00 bits per heavy atom. The van der Waals surface area contributed by atoms with Crippen molar-refractivity contribution < 1.29 is 19.0 Å². The molecule has 0 amide bonds. The Morgan fingerprint density at radius 3 is 2.23 bits per heavy atom. The normalized spacial score (nSPS) is 10.4. The third kappa shape index (κ3) is 3.69. The highest BCUT2D eigenvalue weighted by Crippen LogP contribution is 2.29. The molecule has 0 radical (unpaired) electrons. The molecule has 6 heteroatoms. The molecule has 134 valence electrons. The highest BCUT2D eigenvalue weighted by molar-refractivity contribution is 5.89. The van der Waals surface area contributed by atoms with Gasteiger partial charge in [0.2, 0.25) is 0 Å². The van der Waals surface area contributed by atoms with Gasteiger partial charge in [-0.3, -0.25) is 0 Å². The van der Waals surface area contributed by atoms with Crippen LogP contribution in [0, 0.1) is 0 Å². The van der Waals surface area contributed by atoms with Crippen LogP contribution in [0.4, 0.5) is 0 Å². The van der Waals surface area contributed by atoms with Gasteiger partial charge in [-0.25, -0.2) is 9.78 Å². The lowest BCUT2D eigenvalue weighted by Crippen LogP contribution is -2.04. The second-order valence-electron chi connectivity index (χ2n) is 5.67. The van der Waals surface area contributed by atoms with Gasteiger partial charge in [-0.1, -0.05) is 12.1 Å². The number of imidazole rings is 1. The molecule has 3 rings (SSSR count). The molecule has 0 unspecified atom stereocenters. The second-order valence-corrected chi connectivity index (χ2v) is 5.67. The minimum Gasteiger partial charge on any atom is -0.497 e. The lowest BCUT2D eigenvalue weighted by atomic mass is 10.1. The summed E-state index contributed by atoms with van der Waals surface area (Å²) >= 11 is 0. The number of esters is 1. The summed E-state index contributed by atoms with van der Waals surface area (Å²) in [6, 6.07) is 13.0. The fourth-order valence-electron chi connectivity index (χ4n) is 2.69. The average Bonchev–Trinajstić information content (AvgIpc) is 3.15. The fraction of sp³-hybridized carbons (Fsp3) is 0.200. The quantitative estimate of drug-likeness (QED) is 0.636. The molecule has 0 spiro atoms. The van der Waals surface area contributed by atoms with Gasteiger partial charge in [-0.05, 0) is 29.8 Å². The van der Waals surface area contributed by atoms with Crippen molar-refractivity contribution in [3.05, 3.63) is 66.0 Å². The molecule has 3 aromatic rings. The van der Waals surface area contributed by atoms with E-state index in [0.29, 0.717) is 23.6 Å². The van der Waals surface area contributed by atoms with Crippen LogP contribution in [0.15, 0.2) is 54.9 Å². The Labute approximate surface area is 152 Å². The largest absolute Gasteiger partial charge is 0.497 e. The van der Waals surface area contributed by atoms with E-state index < -0.39 is 0 Å². The minimum atomic E-state index is -0.344. The summed E-state index contributed by atoms with van der Waals surface area (Å²) in [4.78, 5) is 16.0. The summed E-state index contributed by atoms with van der Waals surface area (Å²) in [6.45, 7) is 0.621. The van der Waals surface area contributed by atoms with Gasteiger partial charge >= 0.3 is 5.97 Å². The van der Waals surface area contributed by atoms with E-state index in [1.54, 1.807) is 32.5 Å². The molecule has 0 aliphatic carbocycles. The average molecular weight is 352 g/mol. The molecule has 0 saturated carbocycles. The number of rotatable bonds is 6. The first-order valence-corrected chi connectivity index (χ1v) is 8.06. The maximum atomic E-state index is 11.5. The number of hydrogen-bond donors (Lipinski definition) is 0. The van der Waals surface area contributed by atoms with Crippen molar-refractivity contribution in [1.29, 1.82) is 0 Å². The molecular formula is C20H20N2O4. The first-order chi connectivity index (χ1) is 12.6. The Balaban J connectivity index is 1.88. The number of nitrogens with zero attached hydrogens (tertiary/aromatic N) is 2. The van der Waals surface area contributed by atoms with Crippen LogP contribution in [-0.4, -0.2) is 36.8 Å². The zero-order valence-electron chi connectivity index (χ0n) is 14.9. The molecule has 26 heavy (non-hydrogen) atoms. The lowest BCUT2D eigenvalue weighted by Gasteiger charge is -2.11. The maximum Gasteiger partial charge on any atom is 0.337 e. The molecule has 6 nitrogen and oxygen atoms in total. The van der Waals surface area contributed by atoms with Crippen LogP contribution in [-0.2, 0) is 11.3 Å². The summed E-state index contributed by atoms with van der Waals surface area (Å²) in [6.07, 6.45) is 3.67. The van der Waals surface area contributed by atoms with Crippen molar-refractivity contribution in [2.24, 2.45) is 0 Å². The van der Waals surface area contributed by atoms with E-state index in [2.05, 4.69) is 4.98 Å². The van der Waals surface area contributed by atoms with Crippen molar-refractivity contribution in [3.63, 3.8) is 0 Å². The van der Waals surface area contributed by atoms with Crippen molar-refractivity contribution in [3.8, 4) is 22.9 Å². The number of hydrogen-bond acceptors (Lipinski definition) is 5. The number of methoxy groups -OCH3 is 3. The van der Waals surface area contributed by atoms with Gasteiger partial charge in [0.05, 0.1) is 26.9 Å². The first kappa shape index (κ1) is 17.5. The molecule has 0 fully saturated rings. The Hall–Kier alpha value is -3.28. The fourth-order valence-corrected chi connectivity index (χ4v) is 2.69. The second kappa shape index (κ2) is 7.74. The molecule has 1 heterocycles. The number of carbonyl (C=O) groups is 1. The van der Waals surface area contributed by atoms with Gasteiger partial charge in [-0.15, -0.1) is 0 Å². The predicted molar refractivity (Wildman–Crippen MR) is 97.7 cm³/mol. The number of benzene rings is 2. The van der Waals surface area contributed by atoms with Crippen LogP contribution in [0.3, 0.4) is 0 Å². The van der Waals surface area contributed by atoms with Crippen LogP contribution < -0.4 is 9.47 Å². The smallest absolute Gasteiger partial charge is 0.337 e. The molecular weight excluding hydrogens is 332 g/mol. The summed E-state index contributed by atoms with van der Waals surface area (Å²) in [5.41, 5.74) is 2.48. The van der Waals surface area contributed by atoms with E-state index in [4.69, 9.17) is 14.2 Å². The van der Waals surface area contributed by atoms with E-state index in [0.717, 1.165) is 17.0 Å². The Morgan fingerprint density at radius 2 is 1.65 bits per heavy atom. The van der Waals surface area contributed by atoms with Crippen molar-refractivity contribution in [1.82, 2.24) is 9.55 Å². The van der Waals surface area contributed by atoms with Crippen molar-refractivity contribution in [2.45, 2.75) is 6.54 Å². The lowest BCUT2D eigenvalue weighted by molar-refractivity contribution is 0.0600. The highest BCUT2D eigenvalue weighted by atomic mass is 16.5. The van der Waals surface area contributed by atoms with Gasteiger partial charge in [0, 0.05) is 30.6 Å². The number of carbonyl (C=O) groups excluding carboxylic acids is 1. The standard InChI is InChI=1S/C20H20N2O4/c1-24-17-10-16(11-18(12-17)25-2)19-21-8-9-22(19)13-14-4-6-15(7-5-14)20(23)26-3/h4-12H,13H2,1-3H3. The van der Waals surface area contributed by atoms with Crippen molar-refractivity contribution >= 4 is 5.97 Å². The number of aromatic nitrogens is 2. The first-order valence-electron chi connectivity index (χ1n) is 8.06.